The van der Waals surface area contributed by atoms with E-state index in [1.807, 2.05) is 30.3 Å². The molecule has 0 aromatic heterocycles. The second kappa shape index (κ2) is 8.10. The van der Waals surface area contributed by atoms with Crippen molar-refractivity contribution < 1.29 is 19.1 Å². The summed E-state index contributed by atoms with van der Waals surface area (Å²) in [4.78, 5) is 24.4. The molecule has 0 fully saturated rings. The Morgan fingerprint density at radius 2 is 2.04 bits per heavy atom. The number of halogens is 1. The fraction of sp³-hybridized carbons (Fsp3) is 0.333. The summed E-state index contributed by atoms with van der Waals surface area (Å²) in [6, 6.07) is 11.2. The van der Waals surface area contributed by atoms with Crippen molar-refractivity contribution in [3.8, 4) is 11.5 Å². The third kappa shape index (κ3) is 3.92. The van der Waals surface area contributed by atoms with Crippen LogP contribution < -0.4 is 20.1 Å². The Morgan fingerprint density at radius 1 is 1.21 bits per heavy atom. The zero-order valence-electron chi connectivity index (χ0n) is 15.3. The van der Waals surface area contributed by atoms with E-state index in [9.17, 15) is 9.59 Å². The smallest absolute Gasteiger partial charge is 0.232 e. The average molecular weight is 401 g/mol. The molecule has 6 nitrogen and oxygen atoms in total. The molecule has 4 rings (SSSR count). The highest BCUT2D eigenvalue weighted by molar-refractivity contribution is 6.32. The lowest BCUT2D eigenvalue weighted by Crippen LogP contribution is -2.24. The number of nitrogens with one attached hydrogen (secondary N) is 2. The molecule has 2 heterocycles. The molecular weight excluding hydrogens is 380 g/mol. The highest BCUT2D eigenvalue weighted by Gasteiger charge is 2.30. The molecule has 7 heteroatoms. The number of ether oxygens (including phenoxy) is 2. The Labute approximate surface area is 168 Å². The predicted octanol–water partition coefficient (Wildman–Crippen LogP) is 3.63. The quantitative estimate of drug-likeness (QED) is 0.803. The van der Waals surface area contributed by atoms with E-state index in [0.717, 1.165) is 23.2 Å². The summed E-state index contributed by atoms with van der Waals surface area (Å²) < 4.78 is 11.3. The minimum atomic E-state index is -0.283. The van der Waals surface area contributed by atoms with Crippen LogP contribution in [0.15, 0.2) is 36.4 Å². The Bertz CT molecular complexity index is 915. The number of carbonyl (C=O) groups is 2. The van der Waals surface area contributed by atoms with Gasteiger partial charge in [0.1, 0.15) is 0 Å². The number of hydrogen-bond acceptors (Lipinski definition) is 4. The topological polar surface area (TPSA) is 76.7 Å². The van der Waals surface area contributed by atoms with E-state index in [-0.39, 0.29) is 24.2 Å². The van der Waals surface area contributed by atoms with Crippen LogP contribution in [0, 0.1) is 0 Å². The van der Waals surface area contributed by atoms with Crippen molar-refractivity contribution in [2.75, 3.05) is 18.5 Å². The Kier molecular flexibility index (Phi) is 5.39. The molecule has 2 aliphatic rings. The Hall–Kier alpha value is -2.73. The first kappa shape index (κ1) is 18.6. The molecule has 0 spiro atoms. The van der Waals surface area contributed by atoms with Gasteiger partial charge in [0.25, 0.3) is 0 Å². The zero-order chi connectivity index (χ0) is 19.5. The van der Waals surface area contributed by atoms with Crippen LogP contribution in [0.5, 0.6) is 11.5 Å². The van der Waals surface area contributed by atoms with Gasteiger partial charge < -0.3 is 20.1 Å². The first-order chi connectivity index (χ1) is 13.6. The van der Waals surface area contributed by atoms with Gasteiger partial charge in [-0.1, -0.05) is 29.8 Å². The summed E-state index contributed by atoms with van der Waals surface area (Å²) in [7, 11) is 0. The van der Waals surface area contributed by atoms with Gasteiger partial charge in [0.15, 0.2) is 11.5 Å². The summed E-state index contributed by atoms with van der Waals surface area (Å²) in [6.45, 7) is 1.48. The number of anilines is 1. The van der Waals surface area contributed by atoms with Gasteiger partial charge in [0.05, 0.1) is 24.2 Å². The van der Waals surface area contributed by atoms with Crippen LogP contribution in [-0.4, -0.2) is 25.0 Å². The molecule has 146 valence electrons. The van der Waals surface area contributed by atoms with Crippen molar-refractivity contribution in [1.29, 1.82) is 0 Å². The molecule has 2 N–H and O–H groups in total. The lowest BCUT2D eigenvalue weighted by atomic mass is 9.95. The van der Waals surface area contributed by atoms with Gasteiger partial charge in [-0.3, -0.25) is 9.59 Å². The van der Waals surface area contributed by atoms with Crippen molar-refractivity contribution in [3.05, 3.63) is 52.5 Å². The third-order valence-electron chi connectivity index (χ3n) is 4.92. The molecule has 0 unspecified atom stereocenters. The fourth-order valence-corrected chi connectivity index (χ4v) is 3.80. The normalized spacial score (nSPS) is 17.5. The summed E-state index contributed by atoms with van der Waals surface area (Å²) in [6.07, 6.45) is 1.54. The standard InChI is InChI=1S/C21H21ClN2O4/c22-16-10-13(11-18-20(16)28-9-3-8-27-18)12-23-19(25)7-6-15-14-4-1-2-5-17(14)24-21(15)26/h1-2,4-5,10-11,15H,3,6-9,12H2,(H,23,25)(H,24,26)/t15-/m1/s1. The Morgan fingerprint density at radius 3 is 2.93 bits per heavy atom. The SMILES string of the molecule is O=C(CC[C@H]1C(=O)Nc2ccccc21)NCc1cc(Cl)c2c(c1)OCCCO2. The molecule has 0 saturated heterocycles. The minimum absolute atomic E-state index is 0.0521. The number of amides is 2. The largest absolute Gasteiger partial charge is 0.489 e. The van der Waals surface area contributed by atoms with Gasteiger partial charge in [0, 0.05) is 25.1 Å². The summed E-state index contributed by atoms with van der Waals surface area (Å²) in [5.41, 5.74) is 2.63. The first-order valence-corrected chi connectivity index (χ1v) is 9.74. The van der Waals surface area contributed by atoms with E-state index in [0.29, 0.717) is 42.7 Å². The molecule has 0 radical (unpaired) electrons. The van der Waals surface area contributed by atoms with Gasteiger partial charge in [-0.2, -0.15) is 0 Å². The second-order valence-electron chi connectivity index (χ2n) is 6.90. The van der Waals surface area contributed by atoms with Gasteiger partial charge in [-0.15, -0.1) is 0 Å². The summed E-state index contributed by atoms with van der Waals surface area (Å²) in [5, 5.41) is 6.22. The van der Waals surface area contributed by atoms with Gasteiger partial charge in [0.2, 0.25) is 11.8 Å². The molecule has 0 bridgehead atoms. The summed E-state index contributed by atoms with van der Waals surface area (Å²) in [5.74, 6) is 0.715. The second-order valence-corrected chi connectivity index (χ2v) is 7.31. The van der Waals surface area contributed by atoms with Crippen LogP contribution in [-0.2, 0) is 16.1 Å². The van der Waals surface area contributed by atoms with E-state index in [1.54, 1.807) is 6.07 Å². The molecule has 28 heavy (non-hydrogen) atoms. The number of para-hydroxylation sites is 1. The monoisotopic (exact) mass is 400 g/mol. The van der Waals surface area contributed by atoms with Crippen molar-refractivity contribution >= 4 is 29.1 Å². The van der Waals surface area contributed by atoms with Crippen LogP contribution in [0.2, 0.25) is 5.02 Å². The Balaban J connectivity index is 1.33. The molecule has 2 aliphatic heterocycles. The van der Waals surface area contributed by atoms with Gasteiger partial charge in [-0.05, 0) is 35.7 Å². The van der Waals surface area contributed by atoms with Crippen molar-refractivity contribution in [3.63, 3.8) is 0 Å². The number of carbonyl (C=O) groups excluding carboxylic acids is 2. The molecule has 0 saturated carbocycles. The maximum Gasteiger partial charge on any atom is 0.232 e. The zero-order valence-corrected chi connectivity index (χ0v) is 16.1. The van der Waals surface area contributed by atoms with Crippen LogP contribution in [0.3, 0.4) is 0 Å². The van der Waals surface area contributed by atoms with Crippen LogP contribution in [0.25, 0.3) is 0 Å². The molecule has 2 aromatic rings. The van der Waals surface area contributed by atoms with Crippen LogP contribution in [0.4, 0.5) is 5.69 Å². The van der Waals surface area contributed by atoms with E-state index in [1.165, 1.54) is 0 Å². The van der Waals surface area contributed by atoms with Gasteiger partial charge in [-0.25, -0.2) is 0 Å². The van der Waals surface area contributed by atoms with Crippen LogP contribution in [0.1, 0.15) is 36.3 Å². The van der Waals surface area contributed by atoms with E-state index in [4.69, 9.17) is 21.1 Å². The number of benzene rings is 2. The first-order valence-electron chi connectivity index (χ1n) is 9.36. The lowest BCUT2D eigenvalue weighted by Gasteiger charge is -2.13. The predicted molar refractivity (Wildman–Crippen MR) is 106 cm³/mol. The van der Waals surface area contributed by atoms with E-state index >= 15 is 0 Å². The summed E-state index contributed by atoms with van der Waals surface area (Å²) >= 11 is 6.28. The van der Waals surface area contributed by atoms with Gasteiger partial charge >= 0.3 is 0 Å². The maximum atomic E-state index is 12.3. The number of fused-ring (bicyclic) bond motifs is 2. The van der Waals surface area contributed by atoms with Crippen molar-refractivity contribution in [2.45, 2.75) is 31.7 Å². The number of hydrogen-bond donors (Lipinski definition) is 2. The number of rotatable bonds is 5. The average Bonchev–Trinajstić information content (AvgIpc) is 2.84. The molecule has 2 aromatic carbocycles. The lowest BCUT2D eigenvalue weighted by molar-refractivity contribution is -0.121. The molecule has 0 aliphatic carbocycles. The highest BCUT2D eigenvalue weighted by atomic mass is 35.5. The highest BCUT2D eigenvalue weighted by Crippen LogP contribution is 2.38. The van der Waals surface area contributed by atoms with Crippen LogP contribution >= 0.6 is 11.6 Å². The molecule has 2 amide bonds. The maximum absolute atomic E-state index is 12.3. The van der Waals surface area contributed by atoms with Crippen molar-refractivity contribution in [1.82, 2.24) is 5.32 Å². The van der Waals surface area contributed by atoms with Crippen molar-refractivity contribution in [2.24, 2.45) is 0 Å². The molecule has 1 atom stereocenters. The van der Waals surface area contributed by atoms with E-state index < -0.39 is 0 Å². The fourth-order valence-electron chi connectivity index (χ4n) is 3.51. The molecular formula is C21H21ClN2O4. The van der Waals surface area contributed by atoms with E-state index in [2.05, 4.69) is 10.6 Å². The third-order valence-corrected chi connectivity index (χ3v) is 5.20. The minimum Gasteiger partial charge on any atom is -0.489 e.